The Hall–Kier alpha value is -1.86. The van der Waals surface area contributed by atoms with E-state index >= 15 is 0 Å². The maximum atomic E-state index is 12.6. The van der Waals surface area contributed by atoms with Crippen LogP contribution < -0.4 is 9.46 Å². The van der Waals surface area contributed by atoms with Crippen molar-refractivity contribution in [1.29, 1.82) is 0 Å². The number of nitrogens with zero attached hydrogens (tertiary/aromatic N) is 2. The van der Waals surface area contributed by atoms with E-state index in [4.69, 9.17) is 4.74 Å². The summed E-state index contributed by atoms with van der Waals surface area (Å²) in [6, 6.07) is 5.11. The second-order valence-corrected chi connectivity index (χ2v) is 8.42. The molecule has 2 atom stereocenters. The van der Waals surface area contributed by atoms with Crippen molar-refractivity contribution in [2.24, 2.45) is 5.92 Å². The summed E-state index contributed by atoms with van der Waals surface area (Å²) in [5.41, 5.74) is 0.964. The molecule has 24 heavy (non-hydrogen) atoms. The van der Waals surface area contributed by atoms with Gasteiger partial charge >= 0.3 is 0 Å². The Kier molecular flexibility index (Phi) is 3.85. The quantitative estimate of drug-likeness (QED) is 0.914. The molecule has 1 aromatic heterocycles. The van der Waals surface area contributed by atoms with Crippen LogP contribution in [-0.4, -0.2) is 30.6 Å². The molecule has 0 spiro atoms. The van der Waals surface area contributed by atoms with Gasteiger partial charge in [0.15, 0.2) is 0 Å². The molecular weight excluding hydrogens is 326 g/mol. The highest BCUT2D eigenvalue weighted by molar-refractivity contribution is 7.89. The van der Waals surface area contributed by atoms with Gasteiger partial charge in [-0.1, -0.05) is 0 Å². The van der Waals surface area contributed by atoms with Crippen LogP contribution in [-0.2, 0) is 29.4 Å². The number of nitrogens with one attached hydrogen (secondary N) is 1. The van der Waals surface area contributed by atoms with Crippen LogP contribution in [0.1, 0.15) is 24.7 Å². The van der Waals surface area contributed by atoms with Gasteiger partial charge < -0.3 is 9.30 Å². The highest BCUT2D eigenvalue weighted by Gasteiger charge is 2.24. The lowest BCUT2D eigenvalue weighted by Gasteiger charge is -2.23. The maximum absolute atomic E-state index is 12.6. The Labute approximate surface area is 141 Å². The summed E-state index contributed by atoms with van der Waals surface area (Å²) in [5, 5.41) is 0. The molecule has 1 aromatic carbocycles. The molecule has 128 valence electrons. The smallest absolute Gasteiger partial charge is 0.240 e. The van der Waals surface area contributed by atoms with Gasteiger partial charge in [0.1, 0.15) is 17.7 Å². The van der Waals surface area contributed by atoms with Crippen LogP contribution in [0.5, 0.6) is 5.75 Å². The molecule has 4 rings (SSSR count). The van der Waals surface area contributed by atoms with Crippen molar-refractivity contribution in [2.75, 3.05) is 6.54 Å². The van der Waals surface area contributed by atoms with Gasteiger partial charge in [0, 0.05) is 38.3 Å². The highest BCUT2D eigenvalue weighted by atomic mass is 32.2. The average Bonchev–Trinajstić information content (AvgIpc) is 3.16. The van der Waals surface area contributed by atoms with E-state index < -0.39 is 10.0 Å². The average molecular weight is 347 g/mol. The first-order valence-corrected chi connectivity index (χ1v) is 9.79. The van der Waals surface area contributed by atoms with Crippen LogP contribution in [0.2, 0.25) is 0 Å². The summed E-state index contributed by atoms with van der Waals surface area (Å²) in [7, 11) is -3.49. The molecule has 1 N–H and O–H groups in total. The van der Waals surface area contributed by atoms with E-state index in [0.717, 1.165) is 42.9 Å². The molecule has 0 bridgehead atoms. The van der Waals surface area contributed by atoms with Crippen molar-refractivity contribution in [3.05, 3.63) is 42.0 Å². The van der Waals surface area contributed by atoms with E-state index in [1.165, 1.54) is 0 Å². The lowest BCUT2D eigenvalue weighted by Crippen LogP contribution is -2.33. The van der Waals surface area contributed by atoms with Gasteiger partial charge in [-0.15, -0.1) is 0 Å². The molecule has 0 radical (unpaired) electrons. The van der Waals surface area contributed by atoms with E-state index in [2.05, 4.69) is 14.3 Å². The van der Waals surface area contributed by atoms with Crippen LogP contribution in [0.25, 0.3) is 0 Å². The highest BCUT2D eigenvalue weighted by Crippen LogP contribution is 2.30. The SMILES string of the molecule is C[C@H]1Cc2cc(S(=O)(=O)NC[C@@H]3CCc4nccn4C3)ccc2O1. The van der Waals surface area contributed by atoms with Crippen molar-refractivity contribution in [1.82, 2.24) is 14.3 Å². The van der Waals surface area contributed by atoms with Gasteiger partial charge in [0.2, 0.25) is 10.0 Å². The van der Waals surface area contributed by atoms with Gasteiger partial charge in [-0.25, -0.2) is 18.1 Å². The lowest BCUT2D eigenvalue weighted by atomic mass is 10.00. The number of hydrogen-bond donors (Lipinski definition) is 1. The first kappa shape index (κ1) is 15.7. The first-order chi connectivity index (χ1) is 11.5. The second kappa shape index (κ2) is 5.89. The largest absolute Gasteiger partial charge is 0.490 e. The van der Waals surface area contributed by atoms with Crippen molar-refractivity contribution < 1.29 is 13.2 Å². The minimum absolute atomic E-state index is 0.109. The number of aromatic nitrogens is 2. The summed E-state index contributed by atoms with van der Waals surface area (Å²) in [5.74, 6) is 2.17. The Morgan fingerprint density at radius 2 is 2.29 bits per heavy atom. The number of imidazole rings is 1. The van der Waals surface area contributed by atoms with E-state index in [1.54, 1.807) is 24.4 Å². The number of aryl methyl sites for hydroxylation is 1. The number of hydrogen-bond acceptors (Lipinski definition) is 4. The Morgan fingerprint density at radius 1 is 1.42 bits per heavy atom. The molecule has 2 aliphatic heterocycles. The second-order valence-electron chi connectivity index (χ2n) is 6.65. The van der Waals surface area contributed by atoms with Crippen molar-refractivity contribution in [3.8, 4) is 5.75 Å². The van der Waals surface area contributed by atoms with Crippen molar-refractivity contribution in [3.63, 3.8) is 0 Å². The first-order valence-electron chi connectivity index (χ1n) is 8.30. The fraction of sp³-hybridized carbons (Fsp3) is 0.471. The molecule has 2 aliphatic rings. The zero-order chi connectivity index (χ0) is 16.7. The monoisotopic (exact) mass is 347 g/mol. The lowest BCUT2D eigenvalue weighted by molar-refractivity contribution is 0.254. The molecule has 0 saturated carbocycles. The number of ether oxygens (including phenoxy) is 1. The fourth-order valence-corrected chi connectivity index (χ4v) is 4.65. The summed E-state index contributed by atoms with van der Waals surface area (Å²) < 4.78 is 35.7. The number of benzene rings is 1. The number of sulfonamides is 1. The van der Waals surface area contributed by atoms with Gasteiger partial charge in [0.05, 0.1) is 4.90 Å². The zero-order valence-corrected chi connectivity index (χ0v) is 14.4. The third kappa shape index (κ3) is 2.93. The fourth-order valence-electron chi connectivity index (χ4n) is 3.48. The third-order valence-electron chi connectivity index (χ3n) is 4.77. The summed E-state index contributed by atoms with van der Waals surface area (Å²) in [6.07, 6.45) is 6.47. The van der Waals surface area contributed by atoms with E-state index in [-0.39, 0.29) is 6.10 Å². The minimum Gasteiger partial charge on any atom is -0.490 e. The minimum atomic E-state index is -3.49. The molecule has 6 nitrogen and oxygen atoms in total. The summed E-state index contributed by atoms with van der Waals surface area (Å²) >= 11 is 0. The topological polar surface area (TPSA) is 73.2 Å². The van der Waals surface area contributed by atoms with Crippen LogP contribution in [0.4, 0.5) is 0 Å². The van der Waals surface area contributed by atoms with Gasteiger partial charge in [-0.3, -0.25) is 0 Å². The Bertz CT molecular complexity index is 860. The Balaban J connectivity index is 1.44. The molecule has 0 unspecified atom stereocenters. The predicted octanol–water partition coefficient (Wildman–Crippen LogP) is 1.75. The van der Waals surface area contributed by atoms with Gasteiger partial charge in [0.25, 0.3) is 0 Å². The molecule has 2 aromatic rings. The third-order valence-corrected chi connectivity index (χ3v) is 6.19. The molecule has 0 amide bonds. The normalized spacial score (nSPS) is 22.7. The summed E-state index contributed by atoms with van der Waals surface area (Å²) in [4.78, 5) is 4.62. The number of fused-ring (bicyclic) bond motifs is 2. The van der Waals surface area contributed by atoms with Crippen molar-refractivity contribution >= 4 is 10.0 Å². The maximum Gasteiger partial charge on any atom is 0.240 e. The van der Waals surface area contributed by atoms with Crippen LogP contribution in [0, 0.1) is 5.92 Å². The van der Waals surface area contributed by atoms with Crippen molar-refractivity contribution in [2.45, 2.75) is 43.7 Å². The summed E-state index contributed by atoms with van der Waals surface area (Å²) in [6.45, 7) is 3.25. The van der Waals surface area contributed by atoms with Gasteiger partial charge in [-0.2, -0.15) is 0 Å². The molecule has 0 aliphatic carbocycles. The predicted molar refractivity (Wildman–Crippen MR) is 89.5 cm³/mol. The number of rotatable bonds is 4. The standard InChI is InChI=1S/C17H21N3O3S/c1-12-8-14-9-15(3-4-16(14)23-12)24(21,22)19-10-13-2-5-17-18-6-7-20(17)11-13/h3-4,6-7,9,12-13,19H,2,5,8,10-11H2,1H3/t12-,13-/m0/s1. The van der Waals surface area contributed by atoms with Gasteiger partial charge in [-0.05, 0) is 43.0 Å². The molecule has 0 saturated heterocycles. The molecule has 7 heteroatoms. The van der Waals surface area contributed by atoms with Crippen LogP contribution in [0.15, 0.2) is 35.5 Å². The van der Waals surface area contributed by atoms with E-state index in [0.29, 0.717) is 17.4 Å². The molecule has 3 heterocycles. The van der Waals surface area contributed by atoms with Crippen LogP contribution >= 0.6 is 0 Å². The van der Waals surface area contributed by atoms with Crippen LogP contribution in [0.3, 0.4) is 0 Å². The zero-order valence-electron chi connectivity index (χ0n) is 13.6. The van der Waals surface area contributed by atoms with E-state index in [1.807, 2.05) is 13.1 Å². The molecular formula is C17H21N3O3S. The van der Waals surface area contributed by atoms with E-state index in [9.17, 15) is 8.42 Å². The molecule has 0 fully saturated rings. The Morgan fingerprint density at radius 3 is 3.17 bits per heavy atom.